The van der Waals surface area contributed by atoms with Crippen LogP contribution in [0, 0.1) is 12.7 Å². The minimum atomic E-state index is -4.77. The average molecular weight is 423 g/mol. The minimum Gasteiger partial charge on any atom is -0.439 e. The maximum atomic E-state index is 14.0. The van der Waals surface area contributed by atoms with Crippen molar-refractivity contribution in [3.05, 3.63) is 71.7 Å². The molecule has 156 valence electrons. The predicted octanol–water partition coefficient (Wildman–Crippen LogP) is 4.58. The van der Waals surface area contributed by atoms with Crippen LogP contribution in [-0.4, -0.2) is 16.6 Å². The number of aromatic nitrogens is 2. The summed E-state index contributed by atoms with van der Waals surface area (Å²) < 4.78 is 65.4. The molecule has 0 spiro atoms. The van der Waals surface area contributed by atoms with Crippen LogP contribution in [0.2, 0.25) is 0 Å². The fourth-order valence-electron chi connectivity index (χ4n) is 2.69. The lowest BCUT2D eigenvalue weighted by molar-refractivity contribution is -0.274. The van der Waals surface area contributed by atoms with E-state index in [0.29, 0.717) is 17.0 Å². The maximum absolute atomic E-state index is 14.0. The van der Waals surface area contributed by atoms with Crippen LogP contribution in [0.4, 0.5) is 17.6 Å². The van der Waals surface area contributed by atoms with Gasteiger partial charge in [-0.1, -0.05) is 12.1 Å². The molecule has 0 aliphatic carbocycles. The van der Waals surface area contributed by atoms with Crippen molar-refractivity contribution in [3.8, 4) is 23.0 Å². The van der Waals surface area contributed by atoms with E-state index in [9.17, 15) is 17.6 Å². The van der Waals surface area contributed by atoms with E-state index in [1.54, 1.807) is 13.0 Å². The molecule has 3 aromatic rings. The van der Waals surface area contributed by atoms with Crippen molar-refractivity contribution in [2.45, 2.75) is 19.4 Å². The topological polar surface area (TPSA) is 78.6 Å². The molecule has 0 bridgehead atoms. The third kappa shape index (κ3) is 4.69. The van der Waals surface area contributed by atoms with E-state index in [2.05, 4.69) is 20.4 Å². The number of hydrogen-bond donors (Lipinski definition) is 1. The van der Waals surface area contributed by atoms with Crippen molar-refractivity contribution in [3.63, 3.8) is 0 Å². The molecule has 4 rings (SSSR count). The molecule has 0 fully saturated rings. The highest BCUT2D eigenvalue weighted by Crippen LogP contribution is 2.30. The number of nitrogens with zero attached hydrogens (tertiary/aromatic N) is 2. The Kier molecular flexibility index (Phi) is 5.04. The highest BCUT2D eigenvalue weighted by Gasteiger charge is 2.31. The quantitative estimate of drug-likeness (QED) is 0.602. The van der Waals surface area contributed by atoms with Crippen LogP contribution in [0.5, 0.6) is 11.5 Å². The van der Waals surface area contributed by atoms with Gasteiger partial charge < -0.3 is 13.9 Å². The largest absolute Gasteiger partial charge is 0.573 e. The molecule has 1 aliphatic rings. The third-order valence-corrected chi connectivity index (χ3v) is 3.90. The fourth-order valence-corrected chi connectivity index (χ4v) is 2.69. The van der Waals surface area contributed by atoms with Gasteiger partial charge in [0.05, 0.1) is 0 Å². The Labute approximate surface area is 166 Å². The Bertz CT molecular complexity index is 1080. The molecule has 1 aliphatic heterocycles. The van der Waals surface area contributed by atoms with Gasteiger partial charge in [0.15, 0.2) is 0 Å². The van der Waals surface area contributed by atoms with Crippen LogP contribution in [0.25, 0.3) is 11.5 Å². The summed E-state index contributed by atoms with van der Waals surface area (Å²) in [7, 11) is 0. The normalized spacial score (nSPS) is 16.2. The summed E-state index contributed by atoms with van der Waals surface area (Å²) in [5, 5.41) is 7.54. The number of benzene rings is 2. The van der Waals surface area contributed by atoms with Crippen LogP contribution < -0.4 is 15.0 Å². The van der Waals surface area contributed by atoms with Crippen molar-refractivity contribution in [2.24, 2.45) is 0 Å². The number of aryl methyl sites for hydroxylation is 1. The Morgan fingerprint density at radius 3 is 2.47 bits per heavy atom. The van der Waals surface area contributed by atoms with E-state index >= 15 is 0 Å². The van der Waals surface area contributed by atoms with Crippen LogP contribution in [0.3, 0.4) is 0 Å². The maximum Gasteiger partial charge on any atom is 0.573 e. The molecule has 1 atom stereocenters. The van der Waals surface area contributed by atoms with E-state index in [0.717, 1.165) is 6.07 Å². The Hall–Kier alpha value is -3.60. The third-order valence-electron chi connectivity index (χ3n) is 3.90. The summed E-state index contributed by atoms with van der Waals surface area (Å²) in [6.07, 6.45) is -3.86. The Morgan fingerprint density at radius 2 is 1.80 bits per heavy atom. The summed E-state index contributed by atoms with van der Waals surface area (Å²) in [4.78, 5) is 5.35. The first-order valence-corrected chi connectivity index (χ1v) is 8.53. The summed E-state index contributed by atoms with van der Waals surface area (Å²) in [5.74, 6) is -0.122. The lowest BCUT2D eigenvalue weighted by atomic mass is 10.1. The second kappa shape index (κ2) is 7.67. The van der Waals surface area contributed by atoms with Crippen molar-refractivity contribution in [1.29, 1.82) is 0 Å². The average Bonchev–Trinajstić information content (AvgIpc) is 3.30. The van der Waals surface area contributed by atoms with Gasteiger partial charge in [0.1, 0.15) is 23.4 Å². The van der Waals surface area contributed by atoms with Gasteiger partial charge in [0.2, 0.25) is 17.7 Å². The molecule has 30 heavy (non-hydrogen) atoms. The zero-order chi connectivity index (χ0) is 21.3. The van der Waals surface area contributed by atoms with Gasteiger partial charge in [0, 0.05) is 24.6 Å². The smallest absolute Gasteiger partial charge is 0.439 e. The molecule has 2 heterocycles. The molecular formula is C19H13F4N3O4. The number of nitrogens with one attached hydrogen (secondary N) is 1. The first-order valence-electron chi connectivity index (χ1n) is 8.53. The van der Waals surface area contributed by atoms with Crippen molar-refractivity contribution in [1.82, 2.24) is 15.7 Å². The molecule has 2 aromatic carbocycles. The van der Waals surface area contributed by atoms with Gasteiger partial charge in [-0.25, -0.2) is 9.87 Å². The van der Waals surface area contributed by atoms with Crippen molar-refractivity contribution in [2.75, 3.05) is 0 Å². The van der Waals surface area contributed by atoms with Crippen LogP contribution in [0.15, 0.2) is 58.8 Å². The molecule has 11 heteroatoms. The van der Waals surface area contributed by atoms with Crippen molar-refractivity contribution < 1.29 is 36.3 Å². The minimum absolute atomic E-state index is 0.139. The number of hydroxylamine groups is 1. The number of rotatable bonds is 5. The lowest BCUT2D eigenvalue weighted by Gasteiger charge is -2.11. The molecule has 7 nitrogen and oxygen atoms in total. The van der Waals surface area contributed by atoms with Gasteiger partial charge in [0.25, 0.3) is 0 Å². The molecule has 0 amide bonds. The fraction of sp³-hybridized carbons (Fsp3) is 0.158. The molecular weight excluding hydrogens is 410 g/mol. The molecule has 0 radical (unpaired) electrons. The van der Waals surface area contributed by atoms with Gasteiger partial charge >= 0.3 is 6.36 Å². The summed E-state index contributed by atoms with van der Waals surface area (Å²) in [6.45, 7) is 1.61. The van der Waals surface area contributed by atoms with Crippen LogP contribution in [-0.2, 0) is 4.84 Å². The second-order valence-corrected chi connectivity index (χ2v) is 6.19. The van der Waals surface area contributed by atoms with Gasteiger partial charge in [-0.15, -0.1) is 23.4 Å². The summed E-state index contributed by atoms with van der Waals surface area (Å²) in [5.41, 5.74) is 3.43. The highest BCUT2D eigenvalue weighted by molar-refractivity contribution is 5.56. The van der Waals surface area contributed by atoms with Gasteiger partial charge in [-0.2, -0.15) is 0 Å². The summed E-state index contributed by atoms with van der Waals surface area (Å²) >= 11 is 0. The zero-order valence-electron chi connectivity index (χ0n) is 15.2. The van der Waals surface area contributed by atoms with E-state index in [1.165, 1.54) is 36.4 Å². The number of hydrogen-bond acceptors (Lipinski definition) is 7. The van der Waals surface area contributed by atoms with E-state index in [-0.39, 0.29) is 23.3 Å². The Balaban J connectivity index is 1.47. The number of alkyl halides is 3. The lowest BCUT2D eigenvalue weighted by Crippen LogP contribution is -2.17. The van der Waals surface area contributed by atoms with Crippen LogP contribution in [0.1, 0.15) is 17.6 Å². The van der Waals surface area contributed by atoms with E-state index < -0.39 is 18.3 Å². The van der Waals surface area contributed by atoms with Crippen molar-refractivity contribution >= 4 is 0 Å². The van der Waals surface area contributed by atoms with E-state index in [1.807, 2.05) is 0 Å². The first kappa shape index (κ1) is 19.7. The summed E-state index contributed by atoms with van der Waals surface area (Å²) in [6, 6.07) is 9.07. The number of ether oxygens (including phenoxy) is 2. The Morgan fingerprint density at radius 1 is 1.03 bits per heavy atom. The monoisotopic (exact) mass is 423 g/mol. The molecule has 1 aromatic heterocycles. The second-order valence-electron chi connectivity index (χ2n) is 6.19. The zero-order valence-corrected chi connectivity index (χ0v) is 15.2. The molecule has 1 N–H and O–H groups in total. The van der Waals surface area contributed by atoms with Gasteiger partial charge in [-0.05, 0) is 29.8 Å². The van der Waals surface area contributed by atoms with Crippen LogP contribution >= 0.6 is 0 Å². The number of halogens is 4. The molecule has 0 saturated carbocycles. The molecule has 0 unspecified atom stereocenters. The molecule has 0 saturated heterocycles. The SMILES string of the molecule is Cc1nnc(-c2cc(F)cc(OC3=C[C@@H](c4ccc(OC(F)(F)F)cc4)ON3)c2)o1. The standard InChI is InChI=1S/C19H13F4N3O4/c1-10-24-25-18(27-10)12-6-13(20)8-15(7-12)28-17-9-16(30-26-17)11-2-4-14(5-3-11)29-19(21,22)23/h2-9,16,26H,1H3/t16-/m0/s1. The van der Waals surface area contributed by atoms with E-state index in [4.69, 9.17) is 14.0 Å². The predicted molar refractivity (Wildman–Crippen MR) is 93.2 cm³/mol. The van der Waals surface area contributed by atoms with Gasteiger partial charge in [-0.3, -0.25) is 4.84 Å². The highest BCUT2D eigenvalue weighted by atomic mass is 19.4. The first-order chi connectivity index (χ1) is 14.2.